The van der Waals surface area contributed by atoms with Crippen molar-refractivity contribution < 1.29 is 9.53 Å². The lowest BCUT2D eigenvalue weighted by Crippen LogP contribution is -2.14. The van der Waals surface area contributed by atoms with Crippen molar-refractivity contribution in [3.8, 4) is 17.1 Å². The molecule has 3 aromatic rings. The van der Waals surface area contributed by atoms with Crippen molar-refractivity contribution in [2.75, 3.05) is 18.2 Å². The van der Waals surface area contributed by atoms with Crippen LogP contribution in [0.15, 0.2) is 70.8 Å². The molecule has 0 radical (unpaired) electrons. The zero-order valence-electron chi connectivity index (χ0n) is 15.3. The van der Waals surface area contributed by atoms with Crippen molar-refractivity contribution in [1.29, 1.82) is 0 Å². The van der Waals surface area contributed by atoms with Crippen molar-refractivity contribution in [3.05, 3.63) is 65.7 Å². The van der Waals surface area contributed by atoms with Gasteiger partial charge in [0.1, 0.15) is 5.75 Å². The van der Waals surface area contributed by atoms with E-state index >= 15 is 0 Å². The van der Waals surface area contributed by atoms with Gasteiger partial charge in [-0.15, -0.1) is 16.8 Å². The molecule has 1 N–H and O–H groups in total. The molecule has 1 heterocycles. The van der Waals surface area contributed by atoms with Gasteiger partial charge in [-0.2, -0.15) is 0 Å². The molecular weight excluding hydrogens is 440 g/mol. The predicted octanol–water partition coefficient (Wildman–Crippen LogP) is 4.63. The zero-order chi connectivity index (χ0) is 19.9. The average molecular weight is 459 g/mol. The number of carbonyl (C=O) groups excluding carboxylic acids is 1. The Morgan fingerprint density at radius 1 is 1.29 bits per heavy atom. The van der Waals surface area contributed by atoms with Gasteiger partial charge < -0.3 is 10.1 Å². The van der Waals surface area contributed by atoms with Gasteiger partial charge in [-0.3, -0.25) is 9.36 Å². The summed E-state index contributed by atoms with van der Waals surface area (Å²) in [5.74, 6) is 1.58. The molecule has 1 amide bonds. The van der Waals surface area contributed by atoms with Gasteiger partial charge >= 0.3 is 0 Å². The van der Waals surface area contributed by atoms with Crippen LogP contribution in [0.2, 0.25) is 0 Å². The third-order valence-corrected chi connectivity index (χ3v) is 5.28. The van der Waals surface area contributed by atoms with Gasteiger partial charge in [0.2, 0.25) is 5.91 Å². The predicted molar refractivity (Wildman–Crippen MR) is 116 cm³/mol. The maximum absolute atomic E-state index is 12.3. The molecule has 6 nitrogen and oxygen atoms in total. The van der Waals surface area contributed by atoms with Crippen LogP contribution in [-0.2, 0) is 11.3 Å². The summed E-state index contributed by atoms with van der Waals surface area (Å²) in [4.78, 5) is 12.3. The molecule has 0 aliphatic rings. The molecule has 2 aromatic carbocycles. The summed E-state index contributed by atoms with van der Waals surface area (Å²) in [5.41, 5.74) is 1.66. The fourth-order valence-electron chi connectivity index (χ4n) is 2.53. The minimum Gasteiger partial charge on any atom is -0.497 e. The van der Waals surface area contributed by atoms with Gasteiger partial charge in [0.05, 0.1) is 12.9 Å². The number of amides is 1. The molecule has 0 bridgehead atoms. The average Bonchev–Trinajstić information content (AvgIpc) is 3.10. The molecule has 0 saturated carbocycles. The van der Waals surface area contributed by atoms with Gasteiger partial charge in [-0.1, -0.05) is 45.9 Å². The number of ether oxygens (including phenoxy) is 1. The maximum atomic E-state index is 12.3. The molecule has 8 heteroatoms. The number of rotatable bonds is 8. The van der Waals surface area contributed by atoms with E-state index in [0.29, 0.717) is 17.4 Å². The minimum absolute atomic E-state index is 0.118. The highest BCUT2D eigenvalue weighted by molar-refractivity contribution is 9.10. The number of allylic oxidation sites excluding steroid dienone is 1. The van der Waals surface area contributed by atoms with Gasteiger partial charge in [-0.05, 0) is 36.4 Å². The van der Waals surface area contributed by atoms with Crippen molar-refractivity contribution in [3.63, 3.8) is 0 Å². The van der Waals surface area contributed by atoms with Gasteiger partial charge in [0.25, 0.3) is 0 Å². The van der Waals surface area contributed by atoms with Crippen LogP contribution in [-0.4, -0.2) is 33.5 Å². The number of nitrogens with one attached hydrogen (secondary N) is 1. The topological polar surface area (TPSA) is 69.0 Å². The number of hydrogen-bond acceptors (Lipinski definition) is 5. The maximum Gasteiger partial charge on any atom is 0.234 e. The van der Waals surface area contributed by atoms with Crippen LogP contribution in [0.4, 0.5) is 5.69 Å². The first-order chi connectivity index (χ1) is 13.6. The molecule has 144 valence electrons. The third kappa shape index (κ3) is 5.02. The first-order valence-corrected chi connectivity index (χ1v) is 10.3. The summed E-state index contributed by atoms with van der Waals surface area (Å²) < 4.78 is 8.02. The second kappa shape index (κ2) is 9.57. The molecule has 0 aliphatic heterocycles. The summed E-state index contributed by atoms with van der Waals surface area (Å²) in [5, 5.41) is 12.1. The van der Waals surface area contributed by atoms with E-state index in [0.717, 1.165) is 21.6 Å². The number of nitrogens with zero attached hydrogens (tertiary/aromatic N) is 3. The highest BCUT2D eigenvalue weighted by atomic mass is 79.9. The van der Waals surface area contributed by atoms with E-state index in [9.17, 15) is 4.79 Å². The fourth-order valence-corrected chi connectivity index (χ4v) is 3.68. The van der Waals surface area contributed by atoms with Crippen molar-refractivity contribution >= 4 is 39.3 Å². The number of benzene rings is 2. The smallest absolute Gasteiger partial charge is 0.234 e. The highest BCUT2D eigenvalue weighted by Gasteiger charge is 2.15. The van der Waals surface area contributed by atoms with Crippen LogP contribution in [0.3, 0.4) is 0 Å². The monoisotopic (exact) mass is 458 g/mol. The molecule has 0 spiro atoms. The Balaban J connectivity index is 1.69. The Bertz CT molecular complexity index is 973. The Kier molecular flexibility index (Phi) is 6.89. The molecule has 0 saturated heterocycles. The van der Waals surface area contributed by atoms with Crippen LogP contribution in [0.5, 0.6) is 5.75 Å². The van der Waals surface area contributed by atoms with E-state index in [2.05, 4.69) is 38.0 Å². The summed E-state index contributed by atoms with van der Waals surface area (Å²) in [6, 6.07) is 15.0. The number of carbonyl (C=O) groups is 1. The Morgan fingerprint density at radius 3 is 2.75 bits per heavy atom. The first kappa shape index (κ1) is 20.2. The second-order valence-electron chi connectivity index (χ2n) is 5.78. The Morgan fingerprint density at radius 2 is 2.07 bits per heavy atom. The lowest BCUT2D eigenvalue weighted by atomic mass is 10.2. The van der Waals surface area contributed by atoms with Crippen LogP contribution in [0.25, 0.3) is 11.4 Å². The lowest BCUT2D eigenvalue weighted by Gasteiger charge is -2.09. The molecule has 0 atom stereocenters. The molecule has 0 aliphatic carbocycles. The van der Waals surface area contributed by atoms with E-state index in [1.807, 2.05) is 28.8 Å². The van der Waals surface area contributed by atoms with Gasteiger partial charge in [0.15, 0.2) is 11.0 Å². The standard InChI is InChI=1S/C20H19BrN4O2S/c1-3-11-25-19(14-5-4-6-15(21)12-14)23-24-20(25)28-13-18(26)22-16-7-9-17(27-2)10-8-16/h3-10,12H,1,11,13H2,2H3,(H,22,26). The lowest BCUT2D eigenvalue weighted by molar-refractivity contribution is -0.113. The van der Waals surface area contributed by atoms with E-state index in [-0.39, 0.29) is 11.7 Å². The Hall–Kier alpha value is -2.58. The van der Waals surface area contributed by atoms with Crippen LogP contribution < -0.4 is 10.1 Å². The molecule has 1 aromatic heterocycles. The number of thioether (sulfide) groups is 1. The molecule has 28 heavy (non-hydrogen) atoms. The zero-order valence-corrected chi connectivity index (χ0v) is 17.7. The van der Waals surface area contributed by atoms with Crippen LogP contribution >= 0.6 is 27.7 Å². The quantitative estimate of drug-likeness (QED) is 0.393. The van der Waals surface area contributed by atoms with E-state index < -0.39 is 0 Å². The van der Waals surface area contributed by atoms with Crippen molar-refractivity contribution in [2.24, 2.45) is 0 Å². The van der Waals surface area contributed by atoms with Gasteiger partial charge in [0, 0.05) is 22.3 Å². The van der Waals surface area contributed by atoms with Crippen LogP contribution in [0.1, 0.15) is 0 Å². The van der Waals surface area contributed by atoms with E-state index in [1.54, 1.807) is 37.5 Å². The molecule has 0 fully saturated rings. The third-order valence-electron chi connectivity index (χ3n) is 3.82. The first-order valence-electron chi connectivity index (χ1n) is 8.47. The van der Waals surface area contributed by atoms with Crippen LogP contribution in [0, 0.1) is 0 Å². The minimum atomic E-state index is -0.118. The fraction of sp³-hybridized carbons (Fsp3) is 0.150. The van der Waals surface area contributed by atoms with Gasteiger partial charge in [-0.25, -0.2) is 0 Å². The second-order valence-corrected chi connectivity index (χ2v) is 7.64. The summed E-state index contributed by atoms with van der Waals surface area (Å²) in [7, 11) is 1.60. The molecule has 0 unspecified atom stereocenters. The number of hydrogen-bond donors (Lipinski definition) is 1. The number of methoxy groups -OCH3 is 1. The SMILES string of the molecule is C=CCn1c(SCC(=O)Nc2ccc(OC)cc2)nnc1-c1cccc(Br)c1. The largest absolute Gasteiger partial charge is 0.497 e. The molecule has 3 rings (SSSR count). The van der Waals surface area contributed by atoms with Crippen molar-refractivity contribution in [2.45, 2.75) is 11.7 Å². The summed E-state index contributed by atoms with van der Waals surface area (Å²) >= 11 is 4.81. The highest BCUT2D eigenvalue weighted by Crippen LogP contribution is 2.26. The molecular formula is C20H19BrN4O2S. The number of aromatic nitrogens is 3. The van der Waals surface area contributed by atoms with E-state index in [4.69, 9.17) is 4.74 Å². The number of halogens is 1. The summed E-state index contributed by atoms with van der Waals surface area (Å²) in [6.45, 7) is 4.36. The van der Waals surface area contributed by atoms with E-state index in [1.165, 1.54) is 11.8 Å². The Labute approximate surface area is 176 Å². The number of anilines is 1. The van der Waals surface area contributed by atoms with Crippen molar-refractivity contribution in [1.82, 2.24) is 14.8 Å². The normalized spacial score (nSPS) is 10.5. The summed E-state index contributed by atoms with van der Waals surface area (Å²) in [6.07, 6.45) is 1.78.